The summed E-state index contributed by atoms with van der Waals surface area (Å²) in [7, 11) is 0. The molecule has 0 aliphatic heterocycles. The van der Waals surface area contributed by atoms with Gasteiger partial charge in [0, 0.05) is 45.4 Å². The summed E-state index contributed by atoms with van der Waals surface area (Å²) in [5, 5.41) is 11.4. The number of nitrogens with one attached hydrogen (secondary N) is 2. The first-order valence-corrected chi connectivity index (χ1v) is 12.6. The molecular formula is C27H22Cl3N5O3. The molecule has 0 saturated carbocycles. The van der Waals surface area contributed by atoms with Gasteiger partial charge in [-0.05, 0) is 61.5 Å². The van der Waals surface area contributed by atoms with Crippen LogP contribution in [0, 0.1) is 6.92 Å². The predicted molar refractivity (Wildman–Crippen MR) is 149 cm³/mol. The topological polar surface area (TPSA) is 119 Å². The van der Waals surface area contributed by atoms with Crippen molar-refractivity contribution in [1.29, 1.82) is 0 Å². The average molecular weight is 571 g/mol. The van der Waals surface area contributed by atoms with Crippen molar-refractivity contribution in [3.05, 3.63) is 98.6 Å². The van der Waals surface area contributed by atoms with Crippen LogP contribution in [0.5, 0.6) is 0 Å². The first-order valence-electron chi connectivity index (χ1n) is 11.4. The molecule has 0 atom stereocenters. The van der Waals surface area contributed by atoms with Crippen molar-refractivity contribution in [2.75, 3.05) is 11.9 Å². The van der Waals surface area contributed by atoms with Crippen molar-refractivity contribution in [1.82, 2.24) is 15.1 Å². The quantitative estimate of drug-likeness (QED) is 0.253. The Morgan fingerprint density at radius 3 is 2.18 bits per heavy atom. The third kappa shape index (κ3) is 6.16. The summed E-state index contributed by atoms with van der Waals surface area (Å²) in [4.78, 5) is 36.3. The number of hydrogen-bond acceptors (Lipinski definition) is 4. The van der Waals surface area contributed by atoms with Crippen LogP contribution in [0.2, 0.25) is 15.1 Å². The van der Waals surface area contributed by atoms with Gasteiger partial charge in [-0.3, -0.25) is 14.4 Å². The van der Waals surface area contributed by atoms with Gasteiger partial charge in [0.15, 0.2) is 5.69 Å². The Kier molecular flexibility index (Phi) is 8.36. The Bertz CT molecular complexity index is 1520. The van der Waals surface area contributed by atoms with Crippen LogP contribution in [0.1, 0.15) is 32.8 Å². The Morgan fingerprint density at radius 2 is 1.55 bits per heavy atom. The third-order valence-corrected chi connectivity index (χ3v) is 6.44. The van der Waals surface area contributed by atoms with E-state index >= 15 is 0 Å². The van der Waals surface area contributed by atoms with Gasteiger partial charge in [0.25, 0.3) is 11.8 Å². The first kappa shape index (κ1) is 27.2. The van der Waals surface area contributed by atoms with Gasteiger partial charge in [-0.1, -0.05) is 46.9 Å². The minimum Gasteiger partial charge on any atom is -0.370 e. The van der Waals surface area contributed by atoms with Crippen molar-refractivity contribution in [3.63, 3.8) is 0 Å². The zero-order valence-electron chi connectivity index (χ0n) is 20.1. The van der Waals surface area contributed by atoms with Crippen molar-refractivity contribution >= 4 is 58.2 Å². The highest BCUT2D eigenvalue weighted by molar-refractivity contribution is 6.35. The minimum atomic E-state index is -0.501. The van der Waals surface area contributed by atoms with Crippen molar-refractivity contribution < 1.29 is 14.4 Å². The molecule has 11 heteroatoms. The van der Waals surface area contributed by atoms with E-state index in [2.05, 4.69) is 15.7 Å². The van der Waals surface area contributed by atoms with Crippen LogP contribution in [0.4, 0.5) is 5.69 Å². The predicted octanol–water partition coefficient (Wildman–Crippen LogP) is 5.67. The van der Waals surface area contributed by atoms with E-state index in [0.717, 1.165) is 5.56 Å². The molecule has 4 aromatic rings. The number of benzene rings is 3. The maximum Gasteiger partial charge on any atom is 0.276 e. The van der Waals surface area contributed by atoms with E-state index in [9.17, 15) is 14.4 Å². The van der Waals surface area contributed by atoms with E-state index in [1.54, 1.807) is 66.2 Å². The maximum atomic E-state index is 13.3. The molecule has 3 amide bonds. The van der Waals surface area contributed by atoms with Crippen LogP contribution in [-0.4, -0.2) is 34.0 Å². The first-order chi connectivity index (χ1) is 18.1. The van der Waals surface area contributed by atoms with Crippen LogP contribution in [-0.2, 0) is 4.79 Å². The van der Waals surface area contributed by atoms with Crippen LogP contribution < -0.4 is 16.4 Å². The van der Waals surface area contributed by atoms with Gasteiger partial charge in [0.2, 0.25) is 5.91 Å². The van der Waals surface area contributed by atoms with E-state index in [1.165, 1.54) is 0 Å². The highest BCUT2D eigenvalue weighted by Gasteiger charge is 2.23. The number of halogens is 3. The number of nitrogens with zero attached hydrogens (tertiary/aromatic N) is 2. The molecule has 1 heterocycles. The standard InChI is InChI=1S/C27H22Cl3N5O3/c1-15-24(27(38)33-20-9-4-17(5-10-20)26(37)32-13-12-23(31)36)34-35(22-11-8-19(29)14-21(22)30)25(15)16-2-6-18(28)7-3-16/h2-11,14H,12-13H2,1H3,(H2,31,36)(H,32,37)(H,33,38). The number of amides is 3. The van der Waals surface area contributed by atoms with Crippen molar-refractivity contribution in [2.24, 2.45) is 5.73 Å². The molecule has 38 heavy (non-hydrogen) atoms. The number of primary amides is 1. The Hall–Kier alpha value is -3.85. The average Bonchev–Trinajstić information content (AvgIpc) is 3.21. The molecule has 3 aromatic carbocycles. The van der Waals surface area contributed by atoms with E-state index in [1.807, 2.05) is 12.1 Å². The van der Waals surface area contributed by atoms with Crippen LogP contribution >= 0.6 is 34.8 Å². The zero-order valence-corrected chi connectivity index (χ0v) is 22.4. The van der Waals surface area contributed by atoms with Gasteiger partial charge in [-0.25, -0.2) is 4.68 Å². The van der Waals surface area contributed by atoms with Gasteiger partial charge in [0.05, 0.1) is 16.4 Å². The fraction of sp³-hybridized carbons (Fsp3) is 0.111. The lowest BCUT2D eigenvalue weighted by Gasteiger charge is -2.11. The summed E-state index contributed by atoms with van der Waals surface area (Å²) in [6, 6.07) is 18.5. The largest absolute Gasteiger partial charge is 0.370 e. The SMILES string of the molecule is Cc1c(C(=O)Nc2ccc(C(=O)NCCC(N)=O)cc2)nn(-c2ccc(Cl)cc2Cl)c1-c1ccc(Cl)cc1. The number of carbonyl (C=O) groups is 3. The van der Waals surface area contributed by atoms with Crippen LogP contribution in [0.25, 0.3) is 16.9 Å². The number of anilines is 1. The highest BCUT2D eigenvalue weighted by atomic mass is 35.5. The van der Waals surface area contributed by atoms with Gasteiger partial charge in [-0.15, -0.1) is 0 Å². The van der Waals surface area contributed by atoms with E-state index < -0.39 is 11.8 Å². The second kappa shape index (κ2) is 11.7. The zero-order chi connectivity index (χ0) is 27.4. The molecule has 1 aromatic heterocycles. The minimum absolute atomic E-state index is 0.0467. The molecule has 194 valence electrons. The summed E-state index contributed by atoms with van der Waals surface area (Å²) >= 11 is 18.7. The Balaban J connectivity index is 1.63. The van der Waals surface area contributed by atoms with Gasteiger partial charge >= 0.3 is 0 Å². The van der Waals surface area contributed by atoms with E-state index in [4.69, 9.17) is 40.5 Å². The highest BCUT2D eigenvalue weighted by Crippen LogP contribution is 2.33. The monoisotopic (exact) mass is 569 g/mol. The Labute approximate surface area is 233 Å². The fourth-order valence-corrected chi connectivity index (χ4v) is 4.40. The number of rotatable bonds is 8. The van der Waals surface area contributed by atoms with Crippen LogP contribution in [0.3, 0.4) is 0 Å². The normalized spacial score (nSPS) is 10.7. The van der Waals surface area contributed by atoms with E-state index in [-0.39, 0.29) is 24.6 Å². The lowest BCUT2D eigenvalue weighted by Crippen LogP contribution is -2.27. The molecular weight excluding hydrogens is 549 g/mol. The summed E-state index contributed by atoms with van der Waals surface area (Å²) < 4.78 is 1.60. The van der Waals surface area contributed by atoms with Crippen LogP contribution in [0.15, 0.2) is 66.7 Å². The number of carbonyl (C=O) groups excluding carboxylic acids is 3. The number of hydrogen-bond donors (Lipinski definition) is 3. The number of aromatic nitrogens is 2. The molecule has 0 bridgehead atoms. The smallest absolute Gasteiger partial charge is 0.276 e. The third-order valence-electron chi connectivity index (χ3n) is 5.65. The summed E-state index contributed by atoms with van der Waals surface area (Å²) in [6.45, 7) is 1.94. The summed E-state index contributed by atoms with van der Waals surface area (Å²) in [5.41, 5.74) is 8.74. The fourth-order valence-electron chi connectivity index (χ4n) is 3.78. The molecule has 8 nitrogen and oxygen atoms in total. The summed E-state index contributed by atoms with van der Waals surface area (Å²) in [6.07, 6.45) is 0.0467. The lowest BCUT2D eigenvalue weighted by molar-refractivity contribution is -0.117. The second-order valence-electron chi connectivity index (χ2n) is 8.34. The molecule has 0 aliphatic carbocycles. The molecule has 0 unspecified atom stereocenters. The molecule has 0 aliphatic rings. The maximum absolute atomic E-state index is 13.3. The van der Waals surface area contributed by atoms with Gasteiger partial charge in [-0.2, -0.15) is 5.10 Å². The van der Waals surface area contributed by atoms with Crippen molar-refractivity contribution in [2.45, 2.75) is 13.3 Å². The van der Waals surface area contributed by atoms with Gasteiger partial charge < -0.3 is 16.4 Å². The lowest BCUT2D eigenvalue weighted by atomic mass is 10.1. The molecule has 0 fully saturated rings. The molecule has 4 rings (SSSR count). The Morgan fingerprint density at radius 1 is 0.895 bits per heavy atom. The van der Waals surface area contributed by atoms with Crippen molar-refractivity contribution in [3.8, 4) is 16.9 Å². The summed E-state index contributed by atoms with van der Waals surface area (Å²) in [5.74, 6) is -1.30. The molecule has 4 N–H and O–H groups in total. The molecule has 0 saturated heterocycles. The number of nitrogens with two attached hydrogens (primary N) is 1. The molecule has 0 radical (unpaired) electrons. The molecule has 0 spiro atoms. The van der Waals surface area contributed by atoms with Gasteiger partial charge in [0.1, 0.15) is 0 Å². The second-order valence-corrected chi connectivity index (χ2v) is 9.62. The van der Waals surface area contributed by atoms with E-state index in [0.29, 0.717) is 43.3 Å².